The van der Waals surface area contributed by atoms with Crippen molar-refractivity contribution in [2.75, 3.05) is 31.6 Å². The highest BCUT2D eigenvalue weighted by atomic mass is 127. The van der Waals surface area contributed by atoms with Crippen molar-refractivity contribution in [3.05, 3.63) is 59.3 Å². The number of benzene rings is 1. The molecule has 1 saturated heterocycles. The van der Waals surface area contributed by atoms with Crippen LogP contribution in [0.25, 0.3) is 0 Å². The summed E-state index contributed by atoms with van der Waals surface area (Å²) < 4.78 is 5.62. The Morgan fingerprint density at radius 2 is 1.89 bits per heavy atom. The number of ether oxygens (including phenoxy) is 1. The third kappa shape index (κ3) is 6.63. The lowest BCUT2D eigenvalue weighted by molar-refractivity contribution is 0.0529. The molecule has 152 valence electrons. The second kappa shape index (κ2) is 11.2. The van der Waals surface area contributed by atoms with Gasteiger partial charge in [-0.2, -0.15) is 0 Å². The summed E-state index contributed by atoms with van der Waals surface area (Å²) >= 11 is 0. The Hall–Kier alpha value is -1.87. The van der Waals surface area contributed by atoms with Crippen LogP contribution in [-0.2, 0) is 17.8 Å². The summed E-state index contributed by atoms with van der Waals surface area (Å²) in [5.74, 6) is 1.79. The first-order chi connectivity index (χ1) is 13.1. The Morgan fingerprint density at radius 1 is 1.18 bits per heavy atom. The molecular weight excluding hydrogens is 465 g/mol. The number of morpholine rings is 1. The molecule has 1 unspecified atom stereocenters. The van der Waals surface area contributed by atoms with E-state index in [4.69, 9.17) is 4.74 Å². The number of aromatic nitrogens is 1. The normalized spacial score (nSPS) is 17.0. The average molecular weight is 495 g/mol. The lowest BCUT2D eigenvalue weighted by atomic mass is 10.1. The van der Waals surface area contributed by atoms with Crippen LogP contribution in [0.15, 0.2) is 47.6 Å². The number of halogens is 1. The van der Waals surface area contributed by atoms with Gasteiger partial charge in [-0.15, -0.1) is 24.0 Å². The Labute approximate surface area is 184 Å². The van der Waals surface area contributed by atoms with E-state index in [1.54, 1.807) is 7.05 Å². The molecule has 7 heteroatoms. The first-order valence-electron chi connectivity index (χ1n) is 9.45. The van der Waals surface area contributed by atoms with Crippen molar-refractivity contribution in [2.24, 2.45) is 4.99 Å². The van der Waals surface area contributed by atoms with Gasteiger partial charge >= 0.3 is 0 Å². The molecule has 1 aromatic carbocycles. The highest BCUT2D eigenvalue weighted by Gasteiger charge is 2.18. The predicted octanol–water partition coefficient (Wildman–Crippen LogP) is 3.10. The Bertz CT molecular complexity index is 766. The molecule has 1 aliphatic rings. The number of hydrogen-bond donors (Lipinski definition) is 2. The molecule has 1 atom stereocenters. The molecule has 0 aliphatic carbocycles. The molecule has 3 rings (SSSR count). The van der Waals surface area contributed by atoms with Crippen molar-refractivity contribution in [2.45, 2.75) is 33.0 Å². The zero-order valence-corrected chi connectivity index (χ0v) is 19.1. The number of nitrogens with one attached hydrogen (secondary N) is 2. The van der Waals surface area contributed by atoms with Gasteiger partial charge in [-0.3, -0.25) is 4.99 Å². The number of aryl methyl sites for hydroxylation is 1. The number of anilines is 1. The zero-order valence-electron chi connectivity index (χ0n) is 16.8. The van der Waals surface area contributed by atoms with Crippen LogP contribution in [-0.4, -0.2) is 43.8 Å². The molecule has 6 nitrogen and oxygen atoms in total. The van der Waals surface area contributed by atoms with E-state index >= 15 is 0 Å². The van der Waals surface area contributed by atoms with Gasteiger partial charge in [0.25, 0.3) is 0 Å². The van der Waals surface area contributed by atoms with Gasteiger partial charge in [0.05, 0.1) is 12.7 Å². The highest BCUT2D eigenvalue weighted by molar-refractivity contribution is 14.0. The standard InChI is InChI=1S/C21H29N5O.HI/c1-16-4-6-18(7-5-16)13-24-21(22-3)25-14-19-8-9-23-20(12-19)26-10-11-27-17(2)15-26;/h4-9,12,17H,10-11,13-15H2,1-3H3,(H2,22,24,25);1H. The number of hydrogen-bond acceptors (Lipinski definition) is 4. The van der Waals surface area contributed by atoms with Gasteiger partial charge in [0.1, 0.15) is 5.82 Å². The molecule has 1 aromatic heterocycles. The summed E-state index contributed by atoms with van der Waals surface area (Å²) in [5, 5.41) is 6.73. The topological polar surface area (TPSA) is 61.8 Å². The van der Waals surface area contributed by atoms with Gasteiger partial charge in [0.2, 0.25) is 0 Å². The number of pyridine rings is 1. The Balaban J connectivity index is 0.00000280. The molecule has 2 heterocycles. The minimum Gasteiger partial charge on any atom is -0.375 e. The van der Waals surface area contributed by atoms with Crippen molar-refractivity contribution in [3.8, 4) is 0 Å². The van der Waals surface area contributed by atoms with Crippen LogP contribution in [0, 0.1) is 6.92 Å². The fourth-order valence-electron chi connectivity index (χ4n) is 3.07. The van der Waals surface area contributed by atoms with E-state index in [2.05, 4.69) is 69.7 Å². The summed E-state index contributed by atoms with van der Waals surface area (Å²) in [6, 6.07) is 12.7. The van der Waals surface area contributed by atoms with Crippen molar-refractivity contribution >= 4 is 35.8 Å². The van der Waals surface area contributed by atoms with E-state index in [-0.39, 0.29) is 30.1 Å². The first kappa shape index (κ1) is 22.4. The molecule has 0 spiro atoms. The van der Waals surface area contributed by atoms with Crippen molar-refractivity contribution in [1.82, 2.24) is 15.6 Å². The molecule has 2 aromatic rings. The second-order valence-corrected chi connectivity index (χ2v) is 6.91. The molecule has 0 saturated carbocycles. The van der Waals surface area contributed by atoms with Gasteiger partial charge < -0.3 is 20.3 Å². The fourth-order valence-corrected chi connectivity index (χ4v) is 3.07. The molecule has 1 aliphatic heterocycles. The molecule has 1 fully saturated rings. The van der Waals surface area contributed by atoms with Crippen molar-refractivity contribution in [3.63, 3.8) is 0 Å². The van der Waals surface area contributed by atoms with Crippen LogP contribution in [0.5, 0.6) is 0 Å². The fraction of sp³-hybridized carbons (Fsp3) is 0.429. The highest BCUT2D eigenvalue weighted by Crippen LogP contribution is 2.16. The maximum atomic E-state index is 5.62. The number of guanidine groups is 1. The van der Waals surface area contributed by atoms with Gasteiger partial charge in [0, 0.05) is 39.4 Å². The number of rotatable bonds is 5. The molecule has 0 radical (unpaired) electrons. The van der Waals surface area contributed by atoms with E-state index in [9.17, 15) is 0 Å². The lowest BCUT2D eigenvalue weighted by Crippen LogP contribution is -2.41. The quantitative estimate of drug-likeness (QED) is 0.380. The molecule has 0 amide bonds. The smallest absolute Gasteiger partial charge is 0.191 e. The SMILES string of the molecule is CN=C(NCc1ccc(C)cc1)NCc1ccnc(N2CCOC(C)C2)c1.I. The second-order valence-electron chi connectivity index (χ2n) is 6.91. The molecule has 2 N–H and O–H groups in total. The third-order valence-corrected chi connectivity index (χ3v) is 4.64. The molecule has 0 bridgehead atoms. The van der Waals surface area contributed by atoms with E-state index < -0.39 is 0 Å². The van der Waals surface area contributed by atoms with Gasteiger partial charge in [-0.1, -0.05) is 29.8 Å². The first-order valence-corrected chi connectivity index (χ1v) is 9.45. The average Bonchev–Trinajstić information content (AvgIpc) is 2.70. The van der Waals surface area contributed by atoms with Crippen LogP contribution in [0.3, 0.4) is 0 Å². The number of aliphatic imine (C=N–C) groups is 1. The van der Waals surface area contributed by atoms with E-state index in [0.717, 1.165) is 38.0 Å². The Morgan fingerprint density at radius 3 is 2.57 bits per heavy atom. The number of nitrogens with zero attached hydrogens (tertiary/aromatic N) is 3. The summed E-state index contributed by atoms with van der Waals surface area (Å²) in [6.45, 7) is 8.15. The van der Waals surface area contributed by atoms with Crippen LogP contribution in [0.2, 0.25) is 0 Å². The van der Waals surface area contributed by atoms with E-state index in [0.29, 0.717) is 6.54 Å². The van der Waals surface area contributed by atoms with Crippen molar-refractivity contribution < 1.29 is 4.74 Å². The predicted molar refractivity (Wildman–Crippen MR) is 125 cm³/mol. The molecule has 28 heavy (non-hydrogen) atoms. The van der Waals surface area contributed by atoms with E-state index in [1.165, 1.54) is 16.7 Å². The minimum absolute atomic E-state index is 0. The Kier molecular flexibility index (Phi) is 8.98. The lowest BCUT2D eigenvalue weighted by Gasteiger charge is -2.32. The zero-order chi connectivity index (χ0) is 19.1. The maximum Gasteiger partial charge on any atom is 0.191 e. The monoisotopic (exact) mass is 495 g/mol. The van der Waals surface area contributed by atoms with Crippen LogP contribution < -0.4 is 15.5 Å². The van der Waals surface area contributed by atoms with Crippen LogP contribution in [0.1, 0.15) is 23.6 Å². The summed E-state index contributed by atoms with van der Waals surface area (Å²) in [6.07, 6.45) is 2.11. The van der Waals surface area contributed by atoms with Gasteiger partial charge in [-0.05, 0) is 37.1 Å². The largest absolute Gasteiger partial charge is 0.375 e. The van der Waals surface area contributed by atoms with E-state index in [1.807, 2.05) is 12.3 Å². The third-order valence-electron chi connectivity index (χ3n) is 4.64. The summed E-state index contributed by atoms with van der Waals surface area (Å²) in [7, 11) is 1.79. The van der Waals surface area contributed by atoms with Crippen molar-refractivity contribution in [1.29, 1.82) is 0 Å². The summed E-state index contributed by atoms with van der Waals surface area (Å²) in [5.41, 5.74) is 3.68. The van der Waals surface area contributed by atoms with Crippen LogP contribution in [0.4, 0.5) is 5.82 Å². The van der Waals surface area contributed by atoms with Crippen LogP contribution >= 0.6 is 24.0 Å². The minimum atomic E-state index is 0. The van der Waals surface area contributed by atoms with Gasteiger partial charge in [0.15, 0.2) is 5.96 Å². The maximum absolute atomic E-state index is 5.62. The molecular formula is C21H30IN5O. The van der Waals surface area contributed by atoms with Gasteiger partial charge in [-0.25, -0.2) is 4.98 Å². The summed E-state index contributed by atoms with van der Waals surface area (Å²) in [4.78, 5) is 11.1.